The predicted octanol–water partition coefficient (Wildman–Crippen LogP) is 1.46. The Morgan fingerprint density at radius 1 is 1.41 bits per heavy atom. The molecule has 0 aromatic rings. The predicted molar refractivity (Wildman–Crippen MR) is 71.9 cm³/mol. The van der Waals surface area contributed by atoms with Crippen LogP contribution in [0.2, 0.25) is 0 Å². The summed E-state index contributed by atoms with van der Waals surface area (Å²) in [6.45, 7) is 5.20. The van der Waals surface area contributed by atoms with Gasteiger partial charge in [0.25, 0.3) is 0 Å². The summed E-state index contributed by atoms with van der Waals surface area (Å²) in [5.41, 5.74) is 3.92. The summed E-state index contributed by atoms with van der Waals surface area (Å²) < 4.78 is 0. The molecule has 3 aliphatic rings. The van der Waals surface area contributed by atoms with E-state index >= 15 is 0 Å². The lowest BCUT2D eigenvalue weighted by Gasteiger charge is -2.27. The summed E-state index contributed by atoms with van der Waals surface area (Å²) in [4.78, 5) is 0. The molecular weight excluding hydrogens is 210 g/mol. The molecule has 1 radical (unpaired) electrons. The maximum atomic E-state index is 3.45. The molecule has 3 rings (SSSR count). The summed E-state index contributed by atoms with van der Waals surface area (Å²) in [5, 5.41) is 10.1. The van der Waals surface area contributed by atoms with Crippen LogP contribution in [0.15, 0.2) is 47.0 Å². The summed E-state index contributed by atoms with van der Waals surface area (Å²) >= 11 is 0. The minimum atomic E-state index is 0. The third kappa shape index (κ3) is 2.15. The second-order valence-corrected chi connectivity index (χ2v) is 4.80. The van der Waals surface area contributed by atoms with Gasteiger partial charge in [-0.1, -0.05) is 25.2 Å². The molecule has 3 N–H and O–H groups in total. The van der Waals surface area contributed by atoms with Crippen molar-refractivity contribution in [2.45, 2.75) is 6.92 Å². The molecule has 3 nitrogen and oxygen atoms in total. The highest BCUT2D eigenvalue weighted by Gasteiger charge is 2.19. The van der Waals surface area contributed by atoms with Gasteiger partial charge in [0.1, 0.15) is 5.82 Å². The molecule has 0 spiro atoms. The highest BCUT2D eigenvalue weighted by molar-refractivity contribution is 5.53. The fourth-order valence-corrected chi connectivity index (χ4v) is 2.43. The molecular formula is C14H20N3. The first-order valence-corrected chi connectivity index (χ1v) is 6.21. The maximum Gasteiger partial charge on any atom is 0.107 e. The van der Waals surface area contributed by atoms with Crippen molar-refractivity contribution in [2.75, 3.05) is 19.6 Å². The Morgan fingerprint density at radius 2 is 2.35 bits per heavy atom. The largest absolute Gasteiger partial charge is 0.368 e. The van der Waals surface area contributed by atoms with E-state index in [4.69, 9.17) is 0 Å². The van der Waals surface area contributed by atoms with Gasteiger partial charge in [0.15, 0.2) is 0 Å². The molecule has 0 aromatic heterocycles. The Balaban J connectivity index is 0.00000120. The van der Waals surface area contributed by atoms with Crippen molar-refractivity contribution in [3.05, 3.63) is 53.4 Å². The topological polar surface area (TPSA) is 36.1 Å². The van der Waals surface area contributed by atoms with Gasteiger partial charge in [0.2, 0.25) is 0 Å². The van der Waals surface area contributed by atoms with Gasteiger partial charge >= 0.3 is 0 Å². The Kier molecular flexibility index (Phi) is 2.77. The van der Waals surface area contributed by atoms with Gasteiger partial charge in [-0.2, -0.15) is 0 Å². The fraction of sp³-hybridized carbons (Fsp3) is 0.357. The third-order valence-electron chi connectivity index (χ3n) is 3.30. The van der Waals surface area contributed by atoms with Crippen LogP contribution < -0.4 is 16.0 Å². The van der Waals surface area contributed by atoms with E-state index in [0.29, 0.717) is 5.92 Å². The number of dihydropyridines is 2. The van der Waals surface area contributed by atoms with E-state index in [1.54, 1.807) is 0 Å². The average Bonchev–Trinajstić information content (AvgIpc) is 2.38. The van der Waals surface area contributed by atoms with Crippen molar-refractivity contribution >= 4 is 0 Å². The van der Waals surface area contributed by atoms with Crippen molar-refractivity contribution in [1.82, 2.24) is 16.0 Å². The molecule has 0 aliphatic carbocycles. The van der Waals surface area contributed by atoms with Crippen molar-refractivity contribution in [2.24, 2.45) is 5.92 Å². The number of nitrogens with one attached hydrogen (secondary N) is 3. The van der Waals surface area contributed by atoms with E-state index in [9.17, 15) is 0 Å². The highest BCUT2D eigenvalue weighted by atomic mass is 15.1. The van der Waals surface area contributed by atoms with E-state index in [-0.39, 0.29) is 1.43 Å². The minimum absolute atomic E-state index is 0. The second-order valence-electron chi connectivity index (χ2n) is 4.80. The monoisotopic (exact) mass is 230 g/mol. The second kappa shape index (κ2) is 4.41. The SMILES string of the molecule is C[C@@H]1C=C(C2=CNC3=C([CH]2)C=CCN3)CNC1.[HH]. The Bertz CT molecular complexity index is 446. The summed E-state index contributed by atoms with van der Waals surface area (Å²) in [7, 11) is 0. The molecule has 3 heteroatoms. The molecule has 1 atom stereocenters. The zero-order chi connectivity index (χ0) is 11.7. The molecule has 0 amide bonds. The smallest absolute Gasteiger partial charge is 0.107 e. The molecule has 3 heterocycles. The molecule has 17 heavy (non-hydrogen) atoms. The highest BCUT2D eigenvalue weighted by Crippen LogP contribution is 2.26. The van der Waals surface area contributed by atoms with E-state index in [1.165, 1.54) is 16.7 Å². The quantitative estimate of drug-likeness (QED) is 0.638. The lowest BCUT2D eigenvalue weighted by Crippen LogP contribution is -2.32. The van der Waals surface area contributed by atoms with Crippen LogP contribution in [0, 0.1) is 12.3 Å². The zero-order valence-electron chi connectivity index (χ0n) is 10.1. The first-order valence-electron chi connectivity index (χ1n) is 6.21. The lowest BCUT2D eigenvalue weighted by molar-refractivity contribution is 0.585. The van der Waals surface area contributed by atoms with Crippen LogP contribution in [-0.4, -0.2) is 19.6 Å². The first-order chi connectivity index (χ1) is 8.33. The van der Waals surface area contributed by atoms with E-state index in [1.807, 2.05) is 0 Å². The number of hydrogen-bond acceptors (Lipinski definition) is 3. The van der Waals surface area contributed by atoms with Crippen molar-refractivity contribution in [3.8, 4) is 0 Å². The molecule has 0 bridgehead atoms. The van der Waals surface area contributed by atoms with Gasteiger partial charge in [0, 0.05) is 39.3 Å². The van der Waals surface area contributed by atoms with Crippen molar-refractivity contribution < 1.29 is 1.43 Å². The summed E-state index contributed by atoms with van der Waals surface area (Å²) in [6.07, 6.45) is 11.0. The van der Waals surface area contributed by atoms with Crippen LogP contribution in [0.25, 0.3) is 0 Å². The first kappa shape index (κ1) is 10.7. The van der Waals surface area contributed by atoms with Gasteiger partial charge in [-0.3, -0.25) is 0 Å². The van der Waals surface area contributed by atoms with Gasteiger partial charge in [-0.25, -0.2) is 0 Å². The van der Waals surface area contributed by atoms with E-state index < -0.39 is 0 Å². The van der Waals surface area contributed by atoms with Gasteiger partial charge in [0.05, 0.1) is 0 Å². The Labute approximate surface area is 104 Å². The lowest BCUT2D eigenvalue weighted by atomic mass is 9.91. The van der Waals surface area contributed by atoms with Crippen LogP contribution >= 0.6 is 0 Å². The number of rotatable bonds is 1. The van der Waals surface area contributed by atoms with Crippen LogP contribution in [0.4, 0.5) is 0 Å². The number of hydrogen-bond donors (Lipinski definition) is 3. The Morgan fingerprint density at radius 3 is 3.24 bits per heavy atom. The van der Waals surface area contributed by atoms with Crippen LogP contribution in [0.3, 0.4) is 0 Å². The average molecular weight is 230 g/mol. The summed E-state index contributed by atoms with van der Waals surface area (Å²) in [6, 6.07) is 0. The van der Waals surface area contributed by atoms with Gasteiger partial charge < -0.3 is 16.0 Å². The standard InChI is InChI=1S/C14H18N3.H2/c1-10-5-12(8-15-7-10)13-6-11-3-2-4-16-14(11)17-9-13;/h2-3,5-6,9-10,15-17H,4,7-8H2,1H3;1H/t10-;/m1./s1. The van der Waals surface area contributed by atoms with Gasteiger partial charge in [-0.15, -0.1) is 0 Å². The Hall–Kier alpha value is -1.48. The van der Waals surface area contributed by atoms with Gasteiger partial charge in [-0.05, 0) is 17.1 Å². The molecule has 0 saturated carbocycles. The third-order valence-corrected chi connectivity index (χ3v) is 3.30. The molecule has 0 saturated heterocycles. The zero-order valence-corrected chi connectivity index (χ0v) is 10.1. The molecule has 3 aliphatic heterocycles. The molecule has 91 valence electrons. The van der Waals surface area contributed by atoms with Crippen molar-refractivity contribution in [1.29, 1.82) is 0 Å². The molecule has 0 unspecified atom stereocenters. The minimum Gasteiger partial charge on any atom is -0.368 e. The number of allylic oxidation sites excluding steroid dienone is 2. The van der Waals surface area contributed by atoms with E-state index in [0.717, 1.165) is 25.5 Å². The van der Waals surface area contributed by atoms with Crippen LogP contribution in [0.5, 0.6) is 0 Å². The molecule has 0 aromatic carbocycles. The fourth-order valence-electron chi connectivity index (χ4n) is 2.43. The summed E-state index contributed by atoms with van der Waals surface area (Å²) in [5.74, 6) is 1.73. The van der Waals surface area contributed by atoms with Crippen LogP contribution in [0.1, 0.15) is 8.35 Å². The molecule has 0 fully saturated rings. The maximum absolute atomic E-state index is 3.45. The normalized spacial score (nSPS) is 27.7. The van der Waals surface area contributed by atoms with E-state index in [2.05, 4.69) is 53.7 Å². The van der Waals surface area contributed by atoms with Crippen molar-refractivity contribution in [3.63, 3.8) is 0 Å². The van der Waals surface area contributed by atoms with Crippen LogP contribution in [-0.2, 0) is 0 Å².